The van der Waals surface area contributed by atoms with E-state index in [9.17, 15) is 4.79 Å². The minimum atomic E-state index is -0.384. The second kappa shape index (κ2) is 6.93. The van der Waals surface area contributed by atoms with Crippen LogP contribution in [0.2, 0.25) is 5.02 Å². The van der Waals surface area contributed by atoms with Crippen molar-refractivity contribution in [3.63, 3.8) is 0 Å². The first-order chi connectivity index (χ1) is 11.6. The smallest absolute Gasteiger partial charge is 0.355 e. The van der Waals surface area contributed by atoms with Gasteiger partial charge in [0.05, 0.1) is 6.61 Å². The van der Waals surface area contributed by atoms with Crippen LogP contribution in [-0.4, -0.2) is 17.6 Å². The Bertz CT molecular complexity index is 866. The van der Waals surface area contributed by atoms with E-state index in [1.807, 2.05) is 61.7 Å². The monoisotopic (exact) mass is 339 g/mol. The molecule has 0 bridgehead atoms. The molecule has 0 saturated carbocycles. The second-order valence-corrected chi connectivity index (χ2v) is 5.93. The van der Waals surface area contributed by atoms with Crippen molar-refractivity contribution < 1.29 is 9.53 Å². The number of H-pyrrole nitrogens is 1. The normalized spacial score (nSPS) is 10.6. The topological polar surface area (TPSA) is 42.1 Å². The Morgan fingerprint density at radius 1 is 1.08 bits per heavy atom. The van der Waals surface area contributed by atoms with Crippen LogP contribution in [0, 0.1) is 6.92 Å². The lowest BCUT2D eigenvalue weighted by molar-refractivity contribution is 0.0521. The van der Waals surface area contributed by atoms with Gasteiger partial charge in [-0.15, -0.1) is 0 Å². The highest BCUT2D eigenvalue weighted by Gasteiger charge is 2.22. The first kappa shape index (κ1) is 16.3. The number of hydrogen-bond donors (Lipinski definition) is 1. The number of carbonyl (C=O) groups is 1. The highest BCUT2D eigenvalue weighted by molar-refractivity contribution is 6.33. The average Bonchev–Trinajstić information content (AvgIpc) is 3.01. The van der Waals surface area contributed by atoms with Crippen LogP contribution in [0.25, 0.3) is 22.3 Å². The SMILES string of the molecule is CCOC(=O)c1[nH]cc(-c2ccc(C)cc2)c1-c1ccccc1Cl. The molecule has 0 amide bonds. The highest BCUT2D eigenvalue weighted by Crippen LogP contribution is 2.38. The minimum Gasteiger partial charge on any atom is -0.461 e. The van der Waals surface area contributed by atoms with Crippen molar-refractivity contribution in [1.82, 2.24) is 4.98 Å². The number of esters is 1. The maximum atomic E-state index is 12.4. The number of hydrogen-bond acceptors (Lipinski definition) is 2. The van der Waals surface area contributed by atoms with Gasteiger partial charge in [-0.3, -0.25) is 0 Å². The zero-order valence-corrected chi connectivity index (χ0v) is 14.4. The lowest BCUT2D eigenvalue weighted by Gasteiger charge is -2.10. The van der Waals surface area contributed by atoms with Crippen molar-refractivity contribution in [1.29, 1.82) is 0 Å². The van der Waals surface area contributed by atoms with Gasteiger partial charge in [-0.1, -0.05) is 59.6 Å². The molecular weight excluding hydrogens is 322 g/mol. The molecule has 0 aliphatic rings. The van der Waals surface area contributed by atoms with Crippen LogP contribution < -0.4 is 0 Å². The molecule has 2 aromatic carbocycles. The number of nitrogens with one attached hydrogen (secondary N) is 1. The Hall–Kier alpha value is -2.52. The predicted octanol–water partition coefficient (Wildman–Crippen LogP) is 5.49. The molecular formula is C20H18ClNO2. The van der Waals surface area contributed by atoms with Gasteiger partial charge in [0, 0.05) is 27.9 Å². The van der Waals surface area contributed by atoms with Crippen LogP contribution in [0.15, 0.2) is 54.7 Å². The number of benzene rings is 2. The fourth-order valence-corrected chi connectivity index (χ4v) is 2.92. The van der Waals surface area contributed by atoms with Crippen molar-refractivity contribution >= 4 is 17.6 Å². The molecule has 1 aromatic heterocycles. The highest BCUT2D eigenvalue weighted by atomic mass is 35.5. The number of ether oxygens (including phenoxy) is 1. The second-order valence-electron chi connectivity index (χ2n) is 5.52. The largest absolute Gasteiger partial charge is 0.461 e. The molecule has 0 spiro atoms. The first-order valence-electron chi connectivity index (χ1n) is 7.82. The lowest BCUT2D eigenvalue weighted by atomic mass is 9.96. The summed E-state index contributed by atoms with van der Waals surface area (Å²) in [6.07, 6.45) is 1.83. The van der Waals surface area contributed by atoms with E-state index in [2.05, 4.69) is 4.98 Å². The molecule has 0 atom stereocenters. The van der Waals surface area contributed by atoms with Gasteiger partial charge in [0.1, 0.15) is 5.69 Å². The van der Waals surface area contributed by atoms with Crippen LogP contribution in [0.5, 0.6) is 0 Å². The van der Waals surface area contributed by atoms with Crippen LogP contribution in [-0.2, 0) is 4.74 Å². The summed E-state index contributed by atoms with van der Waals surface area (Å²) < 4.78 is 5.19. The standard InChI is InChI=1S/C20H18ClNO2/c1-3-24-20(23)19-18(15-6-4-5-7-17(15)21)16(12-22-19)14-10-8-13(2)9-11-14/h4-12,22H,3H2,1-2H3. The molecule has 0 saturated heterocycles. The fourth-order valence-electron chi connectivity index (χ4n) is 2.69. The van der Waals surface area contributed by atoms with Gasteiger partial charge in [0.25, 0.3) is 0 Å². The van der Waals surface area contributed by atoms with Gasteiger partial charge in [-0.25, -0.2) is 4.79 Å². The molecule has 1 heterocycles. The van der Waals surface area contributed by atoms with Crippen LogP contribution in [0.4, 0.5) is 0 Å². The molecule has 4 heteroatoms. The van der Waals surface area contributed by atoms with Gasteiger partial charge in [-0.05, 0) is 25.5 Å². The third kappa shape index (κ3) is 3.08. The van der Waals surface area contributed by atoms with E-state index < -0.39 is 0 Å². The van der Waals surface area contributed by atoms with Crippen molar-refractivity contribution in [2.45, 2.75) is 13.8 Å². The van der Waals surface area contributed by atoms with Crippen molar-refractivity contribution in [2.75, 3.05) is 6.61 Å². The summed E-state index contributed by atoms with van der Waals surface area (Å²) in [5, 5.41) is 0.594. The van der Waals surface area contributed by atoms with E-state index in [0.29, 0.717) is 17.3 Å². The average molecular weight is 340 g/mol. The summed E-state index contributed by atoms with van der Waals surface area (Å²) in [5.41, 5.74) is 5.11. The molecule has 0 aliphatic carbocycles. The van der Waals surface area contributed by atoms with Gasteiger partial charge in [0.2, 0.25) is 0 Å². The summed E-state index contributed by atoms with van der Waals surface area (Å²) in [5.74, 6) is -0.384. The van der Waals surface area contributed by atoms with Crippen molar-refractivity contribution in [2.24, 2.45) is 0 Å². The number of halogens is 1. The van der Waals surface area contributed by atoms with Crippen molar-refractivity contribution in [3.8, 4) is 22.3 Å². The Kier molecular flexibility index (Phi) is 4.72. The third-order valence-electron chi connectivity index (χ3n) is 3.87. The number of aromatic amines is 1. The van der Waals surface area contributed by atoms with Gasteiger partial charge in [-0.2, -0.15) is 0 Å². The molecule has 0 unspecified atom stereocenters. The molecule has 122 valence electrons. The third-order valence-corrected chi connectivity index (χ3v) is 4.20. The Labute approximate surface area is 146 Å². The lowest BCUT2D eigenvalue weighted by Crippen LogP contribution is -2.06. The zero-order chi connectivity index (χ0) is 17.1. The molecule has 0 aliphatic heterocycles. The van der Waals surface area contributed by atoms with E-state index in [1.54, 1.807) is 6.92 Å². The van der Waals surface area contributed by atoms with E-state index in [4.69, 9.17) is 16.3 Å². The minimum absolute atomic E-state index is 0.319. The van der Waals surface area contributed by atoms with Gasteiger partial charge in [0.15, 0.2) is 0 Å². The van der Waals surface area contributed by atoms with Crippen LogP contribution >= 0.6 is 11.6 Å². The molecule has 3 aromatic rings. The van der Waals surface area contributed by atoms with E-state index in [1.165, 1.54) is 5.56 Å². The number of aromatic nitrogens is 1. The Balaban J connectivity index is 2.22. The van der Waals surface area contributed by atoms with E-state index >= 15 is 0 Å². The quantitative estimate of drug-likeness (QED) is 0.639. The van der Waals surface area contributed by atoms with Crippen molar-refractivity contribution in [3.05, 3.63) is 71.0 Å². The summed E-state index contributed by atoms with van der Waals surface area (Å²) in [7, 11) is 0. The fraction of sp³-hybridized carbons (Fsp3) is 0.150. The number of aryl methyl sites for hydroxylation is 1. The molecule has 1 N–H and O–H groups in total. The Morgan fingerprint density at radius 2 is 1.79 bits per heavy atom. The molecule has 3 nitrogen and oxygen atoms in total. The zero-order valence-electron chi connectivity index (χ0n) is 13.6. The maximum absolute atomic E-state index is 12.4. The Morgan fingerprint density at radius 3 is 2.46 bits per heavy atom. The molecule has 3 rings (SSSR count). The summed E-state index contributed by atoms with van der Waals surface area (Å²) >= 11 is 6.39. The van der Waals surface area contributed by atoms with Crippen LogP contribution in [0.1, 0.15) is 23.0 Å². The predicted molar refractivity (Wildman–Crippen MR) is 97.4 cm³/mol. The summed E-state index contributed by atoms with van der Waals surface area (Å²) in [4.78, 5) is 15.4. The number of rotatable bonds is 4. The first-order valence-corrected chi connectivity index (χ1v) is 8.20. The molecule has 24 heavy (non-hydrogen) atoms. The summed E-state index contributed by atoms with van der Waals surface area (Å²) in [6, 6.07) is 15.7. The van der Waals surface area contributed by atoms with Gasteiger partial charge >= 0.3 is 5.97 Å². The summed E-state index contributed by atoms with van der Waals surface area (Å²) in [6.45, 7) is 4.15. The van der Waals surface area contributed by atoms with E-state index in [0.717, 1.165) is 22.3 Å². The molecule has 0 fully saturated rings. The van der Waals surface area contributed by atoms with Gasteiger partial charge < -0.3 is 9.72 Å². The maximum Gasteiger partial charge on any atom is 0.355 e. The molecule has 0 radical (unpaired) electrons. The van der Waals surface area contributed by atoms with E-state index in [-0.39, 0.29) is 5.97 Å². The number of carbonyl (C=O) groups excluding carboxylic acids is 1. The van der Waals surface area contributed by atoms with Crippen LogP contribution in [0.3, 0.4) is 0 Å².